The summed E-state index contributed by atoms with van der Waals surface area (Å²) in [6, 6.07) is 9.29. The lowest BCUT2D eigenvalue weighted by atomic mass is 10.1. The number of urea groups is 1. The van der Waals surface area contributed by atoms with Gasteiger partial charge in [0.25, 0.3) is 0 Å². The van der Waals surface area contributed by atoms with E-state index in [9.17, 15) is 9.90 Å². The van der Waals surface area contributed by atoms with Crippen LogP contribution in [-0.2, 0) is 6.42 Å². The summed E-state index contributed by atoms with van der Waals surface area (Å²) in [5.41, 5.74) is 1.58. The van der Waals surface area contributed by atoms with Crippen LogP contribution in [0.2, 0.25) is 0 Å². The van der Waals surface area contributed by atoms with E-state index in [2.05, 4.69) is 20.6 Å². The second-order valence-electron chi connectivity index (χ2n) is 5.78. The quantitative estimate of drug-likeness (QED) is 0.762. The van der Waals surface area contributed by atoms with Gasteiger partial charge in [0, 0.05) is 18.9 Å². The Balaban J connectivity index is 1.41. The minimum Gasteiger partial charge on any atom is -0.391 e. The number of nitrogens with one attached hydrogen (secondary N) is 2. The van der Waals surface area contributed by atoms with E-state index >= 15 is 0 Å². The molecule has 1 saturated carbocycles. The molecule has 1 aliphatic carbocycles. The lowest BCUT2D eigenvalue weighted by molar-refractivity contribution is 0.172. The van der Waals surface area contributed by atoms with Gasteiger partial charge in [-0.3, -0.25) is 0 Å². The average molecular weight is 312 g/mol. The zero-order valence-electron chi connectivity index (χ0n) is 12.8. The summed E-state index contributed by atoms with van der Waals surface area (Å²) < 4.78 is 0. The third-order valence-corrected chi connectivity index (χ3v) is 3.68. The predicted octanol–water partition coefficient (Wildman–Crippen LogP) is 2.08. The van der Waals surface area contributed by atoms with E-state index in [1.165, 1.54) is 0 Å². The third-order valence-electron chi connectivity index (χ3n) is 3.68. The third kappa shape index (κ3) is 4.75. The van der Waals surface area contributed by atoms with Crippen LogP contribution in [0.15, 0.2) is 42.7 Å². The van der Waals surface area contributed by atoms with E-state index in [-0.39, 0.29) is 12.6 Å². The lowest BCUT2D eigenvalue weighted by Gasteiger charge is -2.12. The number of aliphatic hydroxyl groups excluding tert-OH is 1. The molecule has 0 bridgehead atoms. The fourth-order valence-electron chi connectivity index (χ4n) is 2.30. The number of amides is 2. The Morgan fingerprint density at radius 1 is 1.22 bits per heavy atom. The van der Waals surface area contributed by atoms with Gasteiger partial charge in [0.05, 0.1) is 24.2 Å². The Morgan fingerprint density at radius 3 is 2.57 bits per heavy atom. The standard InChI is InChI=1S/C17H20N4O2/c22-15(8-12-4-2-1-3-5-12)11-20-17(23)21-14-9-18-16(19-10-14)13-6-7-13/h1-5,9-10,13,15,22H,6-8,11H2,(H2,20,21,23). The van der Waals surface area contributed by atoms with Gasteiger partial charge in [-0.15, -0.1) is 0 Å². The number of benzene rings is 1. The number of rotatable bonds is 6. The summed E-state index contributed by atoms with van der Waals surface area (Å²) in [5, 5.41) is 15.3. The van der Waals surface area contributed by atoms with Gasteiger partial charge in [-0.25, -0.2) is 14.8 Å². The molecular formula is C17H20N4O2. The van der Waals surface area contributed by atoms with E-state index in [0.717, 1.165) is 24.2 Å². The van der Waals surface area contributed by atoms with Gasteiger partial charge in [-0.1, -0.05) is 30.3 Å². The van der Waals surface area contributed by atoms with Crippen molar-refractivity contribution in [1.82, 2.24) is 15.3 Å². The maximum atomic E-state index is 11.8. The van der Waals surface area contributed by atoms with Crippen LogP contribution in [0.1, 0.15) is 30.1 Å². The zero-order chi connectivity index (χ0) is 16.1. The molecule has 1 aromatic heterocycles. The SMILES string of the molecule is O=C(NCC(O)Cc1ccccc1)Nc1cnc(C2CC2)nc1. The summed E-state index contributed by atoms with van der Waals surface area (Å²) in [6.07, 6.45) is 5.39. The van der Waals surface area contributed by atoms with Gasteiger partial charge in [0.1, 0.15) is 5.82 Å². The van der Waals surface area contributed by atoms with Crippen molar-refractivity contribution in [2.75, 3.05) is 11.9 Å². The minimum absolute atomic E-state index is 0.182. The molecule has 120 valence electrons. The number of hydrogen-bond donors (Lipinski definition) is 3. The number of aromatic nitrogens is 2. The summed E-state index contributed by atoms with van der Waals surface area (Å²) in [4.78, 5) is 20.3. The van der Waals surface area contributed by atoms with Crippen LogP contribution >= 0.6 is 0 Å². The first-order valence-corrected chi connectivity index (χ1v) is 7.79. The van der Waals surface area contributed by atoms with Crippen LogP contribution in [0.25, 0.3) is 0 Å². The Labute approximate surface area is 135 Å². The van der Waals surface area contributed by atoms with E-state index in [0.29, 0.717) is 18.0 Å². The average Bonchev–Trinajstić information content (AvgIpc) is 3.40. The molecule has 1 aromatic carbocycles. The monoisotopic (exact) mass is 312 g/mol. The van der Waals surface area contributed by atoms with Crippen molar-refractivity contribution in [1.29, 1.82) is 0 Å². The Kier molecular flexibility index (Phi) is 4.83. The van der Waals surface area contributed by atoms with Crippen LogP contribution in [0.4, 0.5) is 10.5 Å². The molecule has 23 heavy (non-hydrogen) atoms. The first kappa shape index (κ1) is 15.4. The molecule has 3 N–H and O–H groups in total. The summed E-state index contributed by atoms with van der Waals surface area (Å²) >= 11 is 0. The van der Waals surface area contributed by atoms with Gasteiger partial charge in [0.15, 0.2) is 0 Å². The first-order valence-electron chi connectivity index (χ1n) is 7.79. The molecule has 3 rings (SSSR count). The van der Waals surface area contributed by atoms with Crippen molar-refractivity contribution in [3.05, 3.63) is 54.1 Å². The number of carbonyl (C=O) groups is 1. The van der Waals surface area contributed by atoms with Crippen molar-refractivity contribution in [2.45, 2.75) is 31.3 Å². The molecule has 2 aromatic rings. The number of nitrogens with zero attached hydrogens (tertiary/aromatic N) is 2. The van der Waals surface area contributed by atoms with Gasteiger partial charge >= 0.3 is 6.03 Å². The number of anilines is 1. The summed E-state index contributed by atoms with van der Waals surface area (Å²) in [7, 11) is 0. The van der Waals surface area contributed by atoms with Crippen LogP contribution in [0.5, 0.6) is 0 Å². The molecule has 6 nitrogen and oxygen atoms in total. The maximum Gasteiger partial charge on any atom is 0.319 e. The fourth-order valence-corrected chi connectivity index (χ4v) is 2.30. The lowest BCUT2D eigenvalue weighted by Crippen LogP contribution is -2.36. The predicted molar refractivity (Wildman–Crippen MR) is 87.2 cm³/mol. The number of carbonyl (C=O) groups excluding carboxylic acids is 1. The van der Waals surface area contributed by atoms with Gasteiger partial charge in [-0.05, 0) is 18.4 Å². The minimum atomic E-state index is -0.628. The van der Waals surface area contributed by atoms with Gasteiger partial charge in [-0.2, -0.15) is 0 Å². The molecule has 1 unspecified atom stereocenters. The van der Waals surface area contributed by atoms with E-state index in [4.69, 9.17) is 0 Å². The first-order chi connectivity index (χ1) is 11.2. The van der Waals surface area contributed by atoms with E-state index < -0.39 is 6.10 Å². The molecule has 2 amide bonds. The summed E-state index contributed by atoms with van der Waals surface area (Å²) in [5.74, 6) is 1.33. The maximum absolute atomic E-state index is 11.8. The largest absolute Gasteiger partial charge is 0.391 e. The van der Waals surface area contributed by atoms with Crippen LogP contribution in [-0.4, -0.2) is 33.8 Å². The fraction of sp³-hybridized carbons (Fsp3) is 0.353. The van der Waals surface area contributed by atoms with Crippen molar-refractivity contribution in [3.8, 4) is 0 Å². The van der Waals surface area contributed by atoms with Gasteiger partial charge < -0.3 is 15.7 Å². The second kappa shape index (κ2) is 7.19. The van der Waals surface area contributed by atoms with Crippen LogP contribution in [0.3, 0.4) is 0 Å². The smallest absolute Gasteiger partial charge is 0.319 e. The highest BCUT2D eigenvalue weighted by Gasteiger charge is 2.26. The Bertz CT molecular complexity index is 641. The number of hydrogen-bond acceptors (Lipinski definition) is 4. The van der Waals surface area contributed by atoms with Crippen LogP contribution < -0.4 is 10.6 Å². The highest BCUT2D eigenvalue weighted by molar-refractivity contribution is 5.88. The molecule has 0 saturated heterocycles. The van der Waals surface area contributed by atoms with Crippen molar-refractivity contribution < 1.29 is 9.90 Å². The molecule has 6 heteroatoms. The number of aliphatic hydroxyl groups is 1. The Morgan fingerprint density at radius 2 is 1.91 bits per heavy atom. The van der Waals surface area contributed by atoms with E-state index in [1.807, 2.05) is 30.3 Å². The molecule has 1 heterocycles. The second-order valence-corrected chi connectivity index (χ2v) is 5.78. The molecule has 1 aliphatic rings. The summed E-state index contributed by atoms with van der Waals surface area (Å²) in [6.45, 7) is 0.182. The molecule has 0 spiro atoms. The van der Waals surface area contributed by atoms with E-state index in [1.54, 1.807) is 12.4 Å². The highest BCUT2D eigenvalue weighted by Crippen LogP contribution is 2.37. The molecule has 1 atom stereocenters. The Hall–Kier alpha value is -2.47. The van der Waals surface area contributed by atoms with Crippen molar-refractivity contribution >= 4 is 11.7 Å². The normalized spacial score (nSPS) is 15.0. The van der Waals surface area contributed by atoms with Crippen molar-refractivity contribution in [3.63, 3.8) is 0 Å². The molecular weight excluding hydrogens is 292 g/mol. The van der Waals surface area contributed by atoms with Crippen LogP contribution in [0, 0.1) is 0 Å². The molecule has 1 fully saturated rings. The topological polar surface area (TPSA) is 87.1 Å². The molecule has 0 aliphatic heterocycles. The van der Waals surface area contributed by atoms with Gasteiger partial charge in [0.2, 0.25) is 0 Å². The zero-order valence-corrected chi connectivity index (χ0v) is 12.8. The molecule has 0 radical (unpaired) electrons. The van der Waals surface area contributed by atoms with Crippen molar-refractivity contribution in [2.24, 2.45) is 0 Å². The highest BCUT2D eigenvalue weighted by atomic mass is 16.3.